The molecule has 0 saturated carbocycles. The molecule has 9 heteroatoms. The number of aromatic nitrogens is 2. The number of rotatable bonds is 6. The Kier molecular flexibility index (Phi) is 5.12. The summed E-state index contributed by atoms with van der Waals surface area (Å²) in [7, 11) is 4.47. The Labute approximate surface area is 136 Å². The molecule has 0 aromatic carbocycles. The van der Waals surface area contributed by atoms with E-state index in [-0.39, 0.29) is 19.1 Å². The van der Waals surface area contributed by atoms with E-state index in [1.807, 2.05) is 0 Å². The molecule has 0 aliphatic carbocycles. The molecule has 2 heterocycles. The first-order valence-corrected chi connectivity index (χ1v) is 7.50. The summed E-state index contributed by atoms with van der Waals surface area (Å²) < 4.78 is 10.3. The minimum Gasteiger partial charge on any atom is -0.480 e. The molecule has 8 nitrogen and oxygen atoms in total. The first-order valence-electron chi connectivity index (χ1n) is 6.69. The van der Waals surface area contributed by atoms with Crippen molar-refractivity contribution in [3.63, 3.8) is 0 Å². The second-order valence-corrected chi connectivity index (χ2v) is 5.87. The van der Waals surface area contributed by atoms with Crippen LogP contribution in [0.5, 0.6) is 5.88 Å². The fraction of sp³-hybridized carbons (Fsp3) is 0.429. The van der Waals surface area contributed by atoms with Gasteiger partial charge in [0.1, 0.15) is 18.0 Å². The van der Waals surface area contributed by atoms with Crippen LogP contribution in [0.25, 0.3) is 10.2 Å². The van der Waals surface area contributed by atoms with Gasteiger partial charge < -0.3 is 19.5 Å². The van der Waals surface area contributed by atoms with Crippen LogP contribution in [-0.2, 0) is 16.1 Å². The number of hydrogen-bond donors (Lipinski definition) is 1. The Morgan fingerprint density at radius 3 is 2.57 bits per heavy atom. The van der Waals surface area contributed by atoms with E-state index < -0.39 is 5.97 Å². The molecule has 0 radical (unpaired) electrons. The van der Waals surface area contributed by atoms with E-state index in [0.29, 0.717) is 32.4 Å². The molecule has 1 N–H and O–H groups in total. The van der Waals surface area contributed by atoms with Crippen LogP contribution < -0.4 is 4.74 Å². The Morgan fingerprint density at radius 2 is 2.00 bits per heavy atom. The number of hydrogen-bond acceptors (Lipinski definition) is 7. The number of amides is 1. The maximum Gasteiger partial charge on any atom is 0.323 e. The molecule has 0 bridgehead atoms. The van der Waals surface area contributed by atoms with E-state index >= 15 is 0 Å². The van der Waals surface area contributed by atoms with Gasteiger partial charge in [-0.3, -0.25) is 9.59 Å². The molecular formula is C14H17N3O5S. The number of methoxy groups -OCH3 is 2. The van der Waals surface area contributed by atoms with E-state index in [1.165, 1.54) is 32.6 Å². The monoisotopic (exact) mass is 339 g/mol. The van der Waals surface area contributed by atoms with Gasteiger partial charge in [-0.15, -0.1) is 11.3 Å². The number of aliphatic carboxylic acids is 1. The predicted molar refractivity (Wildman–Crippen MR) is 84.0 cm³/mol. The van der Waals surface area contributed by atoms with E-state index in [2.05, 4.69) is 9.97 Å². The average Bonchev–Trinajstić information content (AvgIpc) is 2.82. The van der Waals surface area contributed by atoms with Gasteiger partial charge in [0.2, 0.25) is 5.88 Å². The Bertz CT molecular complexity index is 758. The number of carboxylic acids is 1. The van der Waals surface area contributed by atoms with Crippen LogP contribution in [0.3, 0.4) is 0 Å². The van der Waals surface area contributed by atoms with Gasteiger partial charge in [-0.1, -0.05) is 0 Å². The highest BCUT2D eigenvalue weighted by molar-refractivity contribution is 7.20. The molecule has 2 aromatic heterocycles. The summed E-state index contributed by atoms with van der Waals surface area (Å²) in [5, 5.41) is 9.48. The molecule has 0 fully saturated rings. The van der Waals surface area contributed by atoms with Crippen LogP contribution in [0.2, 0.25) is 0 Å². The maximum absolute atomic E-state index is 12.4. The molecule has 2 rings (SSSR count). The highest BCUT2D eigenvalue weighted by Gasteiger charge is 2.24. The highest BCUT2D eigenvalue weighted by Crippen LogP contribution is 2.35. The van der Waals surface area contributed by atoms with Crippen LogP contribution in [0.1, 0.15) is 21.1 Å². The smallest absolute Gasteiger partial charge is 0.323 e. The first kappa shape index (κ1) is 17.1. The molecule has 0 unspecified atom stereocenters. The number of carbonyl (C=O) groups is 2. The van der Waals surface area contributed by atoms with Gasteiger partial charge >= 0.3 is 5.97 Å². The molecule has 1 amide bonds. The number of ether oxygens (including phenoxy) is 2. The fourth-order valence-corrected chi connectivity index (χ4v) is 3.32. The lowest BCUT2D eigenvalue weighted by molar-refractivity contribution is -0.137. The number of carbonyl (C=O) groups excluding carboxylic acids is 1. The topological polar surface area (TPSA) is 102 Å². The summed E-state index contributed by atoms with van der Waals surface area (Å²) in [5.74, 6) is -0.616. The van der Waals surface area contributed by atoms with Gasteiger partial charge in [0.05, 0.1) is 17.4 Å². The molecule has 0 spiro atoms. The van der Waals surface area contributed by atoms with Crippen molar-refractivity contribution in [2.75, 3.05) is 27.8 Å². The van der Waals surface area contributed by atoms with Gasteiger partial charge in [0.25, 0.3) is 5.91 Å². The van der Waals surface area contributed by atoms with Crippen molar-refractivity contribution in [2.24, 2.45) is 0 Å². The zero-order valence-electron chi connectivity index (χ0n) is 13.2. The van der Waals surface area contributed by atoms with Gasteiger partial charge in [-0.2, -0.15) is 4.98 Å². The number of carboxylic acid groups (broad SMARTS) is 1. The van der Waals surface area contributed by atoms with Crippen molar-refractivity contribution in [3.05, 3.63) is 16.3 Å². The van der Waals surface area contributed by atoms with E-state index in [4.69, 9.17) is 14.6 Å². The highest BCUT2D eigenvalue weighted by atomic mass is 32.1. The molecule has 124 valence electrons. The minimum absolute atomic E-state index is 0.228. The molecule has 0 atom stereocenters. The van der Waals surface area contributed by atoms with Crippen LogP contribution in [0, 0.1) is 6.92 Å². The minimum atomic E-state index is -1.07. The number of likely N-dealkylation sites (N-methyl/N-ethyl adjacent to an activating group) is 1. The third-order valence-corrected chi connectivity index (χ3v) is 4.36. The lowest BCUT2D eigenvalue weighted by atomic mass is 10.2. The summed E-state index contributed by atoms with van der Waals surface area (Å²) >= 11 is 1.19. The average molecular weight is 339 g/mol. The fourth-order valence-electron chi connectivity index (χ4n) is 2.14. The first-order chi connectivity index (χ1) is 10.9. The van der Waals surface area contributed by atoms with Crippen LogP contribution in [-0.4, -0.2) is 59.7 Å². The summed E-state index contributed by atoms with van der Waals surface area (Å²) in [6.07, 6.45) is 0. The summed E-state index contributed by atoms with van der Waals surface area (Å²) in [6, 6.07) is 0. The maximum atomic E-state index is 12.4. The normalized spacial score (nSPS) is 10.8. The quantitative estimate of drug-likeness (QED) is 0.846. The Morgan fingerprint density at radius 1 is 1.30 bits per heavy atom. The number of aryl methyl sites for hydroxylation is 1. The zero-order chi connectivity index (χ0) is 17.1. The van der Waals surface area contributed by atoms with Crippen molar-refractivity contribution in [2.45, 2.75) is 13.5 Å². The Balaban J connectivity index is 2.52. The van der Waals surface area contributed by atoms with Gasteiger partial charge in [-0.05, 0) is 12.5 Å². The second-order valence-electron chi connectivity index (χ2n) is 4.87. The summed E-state index contributed by atoms with van der Waals surface area (Å²) in [6.45, 7) is 1.62. The third-order valence-electron chi connectivity index (χ3n) is 3.18. The molecule has 2 aromatic rings. The van der Waals surface area contributed by atoms with Crippen molar-refractivity contribution in [1.29, 1.82) is 0 Å². The van der Waals surface area contributed by atoms with Crippen LogP contribution in [0.4, 0.5) is 0 Å². The van der Waals surface area contributed by atoms with Gasteiger partial charge in [0.15, 0.2) is 5.82 Å². The molecule has 0 aliphatic heterocycles. The van der Waals surface area contributed by atoms with Crippen molar-refractivity contribution < 1.29 is 24.2 Å². The zero-order valence-corrected chi connectivity index (χ0v) is 14.1. The molecular weight excluding hydrogens is 322 g/mol. The third kappa shape index (κ3) is 3.40. The van der Waals surface area contributed by atoms with Crippen molar-refractivity contribution >= 4 is 33.4 Å². The molecule has 23 heavy (non-hydrogen) atoms. The second kappa shape index (κ2) is 6.88. The standard InChI is InChI=1S/C14H17N3O5S/c1-7-10-12(22-4)15-8(6-21-3)16-13(10)23-11(7)14(20)17(2)5-9(18)19/h5-6H2,1-4H3,(H,18,19). The predicted octanol–water partition coefficient (Wildman–Crippen LogP) is 1.31. The number of nitrogens with zero attached hydrogens (tertiary/aromatic N) is 3. The van der Waals surface area contributed by atoms with Gasteiger partial charge in [0, 0.05) is 14.2 Å². The van der Waals surface area contributed by atoms with E-state index in [9.17, 15) is 9.59 Å². The Hall–Kier alpha value is -2.26. The van der Waals surface area contributed by atoms with Crippen molar-refractivity contribution in [1.82, 2.24) is 14.9 Å². The van der Waals surface area contributed by atoms with Crippen LogP contribution >= 0.6 is 11.3 Å². The van der Waals surface area contributed by atoms with E-state index in [0.717, 1.165) is 4.90 Å². The lowest BCUT2D eigenvalue weighted by Crippen LogP contribution is -2.31. The lowest BCUT2D eigenvalue weighted by Gasteiger charge is -2.13. The summed E-state index contributed by atoms with van der Waals surface area (Å²) in [4.78, 5) is 34.0. The summed E-state index contributed by atoms with van der Waals surface area (Å²) in [5.41, 5.74) is 0.674. The van der Waals surface area contributed by atoms with Crippen LogP contribution in [0.15, 0.2) is 0 Å². The SMILES string of the molecule is COCc1nc(OC)c2c(C)c(C(=O)N(C)CC(=O)O)sc2n1. The number of fused-ring (bicyclic) bond motifs is 1. The van der Waals surface area contributed by atoms with Crippen molar-refractivity contribution in [3.8, 4) is 5.88 Å². The van der Waals surface area contributed by atoms with Gasteiger partial charge in [-0.25, -0.2) is 4.98 Å². The van der Waals surface area contributed by atoms with E-state index in [1.54, 1.807) is 6.92 Å². The molecule has 0 saturated heterocycles. The largest absolute Gasteiger partial charge is 0.480 e. The molecule has 0 aliphatic rings. The number of thiophene rings is 1.